The molecule has 5 nitrogen and oxygen atoms in total. The standard InChI is InChI=1S/C14H25N5S/c1-11(2)17-7-9-18(10-8-17)13-15-16-14(20)19(13)12-5-3-4-6-12/h11-12H,3-10H2,1-2H3,(H,16,20). The second kappa shape index (κ2) is 5.85. The smallest absolute Gasteiger partial charge is 0.226 e. The van der Waals surface area contributed by atoms with Gasteiger partial charge in [-0.05, 0) is 38.9 Å². The lowest BCUT2D eigenvalue weighted by Crippen LogP contribution is -2.49. The molecular weight excluding hydrogens is 270 g/mol. The van der Waals surface area contributed by atoms with Crippen molar-refractivity contribution in [1.29, 1.82) is 0 Å². The van der Waals surface area contributed by atoms with Crippen LogP contribution in [0.4, 0.5) is 5.95 Å². The van der Waals surface area contributed by atoms with Crippen molar-refractivity contribution >= 4 is 18.2 Å². The predicted molar refractivity (Wildman–Crippen MR) is 83.8 cm³/mol. The van der Waals surface area contributed by atoms with Gasteiger partial charge in [0.05, 0.1) is 0 Å². The number of nitrogens with one attached hydrogen (secondary N) is 1. The zero-order valence-corrected chi connectivity index (χ0v) is 13.3. The molecule has 1 aromatic heterocycles. The summed E-state index contributed by atoms with van der Waals surface area (Å²) in [6.45, 7) is 8.85. The van der Waals surface area contributed by atoms with Gasteiger partial charge in [-0.3, -0.25) is 9.47 Å². The predicted octanol–water partition coefficient (Wildman–Crippen LogP) is 2.59. The first-order chi connectivity index (χ1) is 9.66. The summed E-state index contributed by atoms with van der Waals surface area (Å²) in [4.78, 5) is 4.92. The third kappa shape index (κ3) is 2.63. The summed E-state index contributed by atoms with van der Waals surface area (Å²) in [5.41, 5.74) is 0. The Kier molecular flexibility index (Phi) is 4.12. The van der Waals surface area contributed by atoms with E-state index in [-0.39, 0.29) is 0 Å². The first kappa shape index (κ1) is 14.1. The van der Waals surface area contributed by atoms with Crippen LogP contribution in [0.2, 0.25) is 0 Å². The Hall–Kier alpha value is -0.880. The van der Waals surface area contributed by atoms with E-state index >= 15 is 0 Å². The Morgan fingerprint density at radius 3 is 2.40 bits per heavy atom. The quantitative estimate of drug-likeness (QED) is 0.870. The van der Waals surface area contributed by atoms with Gasteiger partial charge in [0.1, 0.15) is 0 Å². The molecule has 6 heteroatoms. The molecule has 2 aliphatic rings. The van der Waals surface area contributed by atoms with Crippen LogP contribution in [0.15, 0.2) is 0 Å². The van der Waals surface area contributed by atoms with Gasteiger partial charge in [-0.15, -0.1) is 5.10 Å². The van der Waals surface area contributed by atoms with Crippen molar-refractivity contribution < 1.29 is 0 Å². The monoisotopic (exact) mass is 295 g/mol. The van der Waals surface area contributed by atoms with Crippen LogP contribution in [0.5, 0.6) is 0 Å². The van der Waals surface area contributed by atoms with E-state index in [0.29, 0.717) is 12.1 Å². The molecule has 2 heterocycles. The van der Waals surface area contributed by atoms with Gasteiger partial charge in [0.2, 0.25) is 5.95 Å². The molecule has 0 bridgehead atoms. The van der Waals surface area contributed by atoms with Crippen LogP contribution in [0.1, 0.15) is 45.6 Å². The third-order valence-corrected chi connectivity index (χ3v) is 4.99. The maximum atomic E-state index is 5.45. The van der Waals surface area contributed by atoms with Gasteiger partial charge in [0, 0.05) is 38.3 Å². The number of anilines is 1. The van der Waals surface area contributed by atoms with Gasteiger partial charge >= 0.3 is 0 Å². The van der Waals surface area contributed by atoms with Crippen LogP contribution in [0.25, 0.3) is 0 Å². The van der Waals surface area contributed by atoms with E-state index in [9.17, 15) is 0 Å². The van der Waals surface area contributed by atoms with Gasteiger partial charge in [0.25, 0.3) is 0 Å². The molecule has 1 aliphatic carbocycles. The number of nitrogens with zero attached hydrogens (tertiary/aromatic N) is 4. The Morgan fingerprint density at radius 1 is 1.15 bits per heavy atom. The SMILES string of the molecule is CC(C)N1CCN(c2n[nH]c(=S)n2C2CCCC2)CC1. The number of aromatic nitrogens is 3. The molecule has 112 valence electrons. The molecular formula is C14H25N5S. The summed E-state index contributed by atoms with van der Waals surface area (Å²) in [6.07, 6.45) is 5.12. The Bertz CT molecular complexity index is 492. The van der Waals surface area contributed by atoms with Crippen molar-refractivity contribution in [2.75, 3.05) is 31.1 Å². The van der Waals surface area contributed by atoms with E-state index in [0.717, 1.165) is 36.9 Å². The normalized spacial score (nSPS) is 22.1. The number of aromatic amines is 1. The molecule has 1 saturated heterocycles. The Balaban J connectivity index is 1.76. The molecule has 2 fully saturated rings. The van der Waals surface area contributed by atoms with E-state index in [1.165, 1.54) is 25.7 Å². The summed E-state index contributed by atoms with van der Waals surface area (Å²) in [6, 6.07) is 1.19. The molecule has 0 radical (unpaired) electrons. The molecule has 1 saturated carbocycles. The molecule has 1 aromatic rings. The van der Waals surface area contributed by atoms with Crippen molar-refractivity contribution in [3.63, 3.8) is 0 Å². The van der Waals surface area contributed by atoms with E-state index in [1.807, 2.05) is 0 Å². The molecule has 1 N–H and O–H groups in total. The highest BCUT2D eigenvalue weighted by molar-refractivity contribution is 7.71. The Morgan fingerprint density at radius 2 is 1.80 bits per heavy atom. The summed E-state index contributed by atoms with van der Waals surface area (Å²) >= 11 is 5.45. The largest absolute Gasteiger partial charge is 0.338 e. The number of H-pyrrole nitrogens is 1. The average molecular weight is 295 g/mol. The summed E-state index contributed by atoms with van der Waals surface area (Å²) < 4.78 is 3.06. The second-order valence-corrected chi connectivity index (χ2v) is 6.64. The van der Waals surface area contributed by atoms with Gasteiger partial charge in [0.15, 0.2) is 4.77 Å². The lowest BCUT2D eigenvalue weighted by Gasteiger charge is -2.37. The lowest BCUT2D eigenvalue weighted by molar-refractivity contribution is 0.207. The van der Waals surface area contributed by atoms with Crippen LogP contribution in [0.3, 0.4) is 0 Å². The number of hydrogen-bond donors (Lipinski definition) is 1. The molecule has 0 aromatic carbocycles. The second-order valence-electron chi connectivity index (χ2n) is 6.25. The summed E-state index contributed by atoms with van der Waals surface area (Å²) in [5, 5.41) is 7.51. The fourth-order valence-electron chi connectivity index (χ4n) is 3.45. The minimum atomic E-state index is 0.555. The lowest BCUT2D eigenvalue weighted by atomic mass is 10.2. The molecule has 20 heavy (non-hydrogen) atoms. The maximum Gasteiger partial charge on any atom is 0.226 e. The summed E-state index contributed by atoms with van der Waals surface area (Å²) in [5.74, 6) is 1.06. The number of hydrogen-bond acceptors (Lipinski definition) is 4. The van der Waals surface area contributed by atoms with Crippen molar-refractivity contribution in [3.05, 3.63) is 4.77 Å². The fourth-order valence-corrected chi connectivity index (χ4v) is 3.73. The first-order valence-corrected chi connectivity index (χ1v) is 8.23. The van der Waals surface area contributed by atoms with Gasteiger partial charge < -0.3 is 4.90 Å². The van der Waals surface area contributed by atoms with Crippen molar-refractivity contribution in [2.24, 2.45) is 0 Å². The molecule has 0 unspecified atom stereocenters. The van der Waals surface area contributed by atoms with E-state index in [1.54, 1.807) is 0 Å². The molecule has 0 amide bonds. The van der Waals surface area contributed by atoms with Crippen LogP contribution < -0.4 is 4.90 Å². The number of piperazine rings is 1. The highest BCUT2D eigenvalue weighted by atomic mass is 32.1. The third-order valence-electron chi connectivity index (χ3n) is 4.70. The minimum absolute atomic E-state index is 0.555. The zero-order valence-electron chi connectivity index (χ0n) is 12.5. The molecule has 0 spiro atoms. The van der Waals surface area contributed by atoms with Crippen LogP contribution >= 0.6 is 12.2 Å². The fraction of sp³-hybridized carbons (Fsp3) is 0.857. The molecule has 1 aliphatic heterocycles. The van der Waals surface area contributed by atoms with Crippen molar-refractivity contribution in [1.82, 2.24) is 19.7 Å². The van der Waals surface area contributed by atoms with Crippen LogP contribution in [-0.4, -0.2) is 51.9 Å². The highest BCUT2D eigenvalue weighted by Gasteiger charge is 2.26. The van der Waals surface area contributed by atoms with Crippen molar-refractivity contribution in [2.45, 2.75) is 51.6 Å². The first-order valence-electron chi connectivity index (χ1n) is 7.82. The van der Waals surface area contributed by atoms with E-state index in [4.69, 9.17) is 12.2 Å². The summed E-state index contributed by atoms with van der Waals surface area (Å²) in [7, 11) is 0. The van der Waals surface area contributed by atoms with Crippen LogP contribution in [-0.2, 0) is 0 Å². The van der Waals surface area contributed by atoms with Gasteiger partial charge in [-0.25, -0.2) is 5.10 Å². The van der Waals surface area contributed by atoms with Crippen molar-refractivity contribution in [3.8, 4) is 0 Å². The molecule has 3 rings (SSSR count). The minimum Gasteiger partial charge on any atom is -0.338 e. The Labute approximate surface area is 126 Å². The highest BCUT2D eigenvalue weighted by Crippen LogP contribution is 2.32. The van der Waals surface area contributed by atoms with Gasteiger partial charge in [-0.2, -0.15) is 0 Å². The van der Waals surface area contributed by atoms with Gasteiger partial charge in [-0.1, -0.05) is 12.8 Å². The molecule has 0 atom stereocenters. The average Bonchev–Trinajstić information content (AvgIpc) is 3.07. The number of rotatable bonds is 3. The van der Waals surface area contributed by atoms with E-state index in [2.05, 4.69) is 38.4 Å². The van der Waals surface area contributed by atoms with Crippen LogP contribution in [0, 0.1) is 4.77 Å². The maximum absolute atomic E-state index is 5.45. The topological polar surface area (TPSA) is 40.1 Å². The zero-order chi connectivity index (χ0) is 14.1. The van der Waals surface area contributed by atoms with E-state index < -0.39 is 0 Å².